The summed E-state index contributed by atoms with van der Waals surface area (Å²) in [6.07, 6.45) is 1.85. The highest BCUT2D eigenvalue weighted by atomic mass is 19.1. The average Bonchev–Trinajstić information content (AvgIpc) is 2.56. The van der Waals surface area contributed by atoms with Crippen molar-refractivity contribution in [1.29, 1.82) is 0 Å². The number of nitrogens with one attached hydrogen (secondary N) is 1. The van der Waals surface area contributed by atoms with E-state index < -0.39 is 11.6 Å². The van der Waals surface area contributed by atoms with Crippen LogP contribution < -0.4 is 10.2 Å². The van der Waals surface area contributed by atoms with Crippen molar-refractivity contribution in [2.75, 3.05) is 17.3 Å². The van der Waals surface area contributed by atoms with Gasteiger partial charge in [-0.1, -0.05) is 32.9 Å². The second-order valence-electron chi connectivity index (χ2n) is 9.38. The summed E-state index contributed by atoms with van der Waals surface area (Å²) in [5.41, 5.74) is 5.00. The number of halogens is 2. The maximum absolute atomic E-state index is 14.4. The van der Waals surface area contributed by atoms with Gasteiger partial charge in [0, 0.05) is 25.2 Å². The molecule has 1 N–H and O–H groups in total. The second-order valence-corrected chi connectivity index (χ2v) is 9.38. The highest BCUT2D eigenvalue weighted by Gasteiger charge is 2.29. The molecule has 0 saturated heterocycles. The first-order chi connectivity index (χ1) is 13.5. The fourth-order valence-electron chi connectivity index (χ4n) is 4.29. The predicted molar refractivity (Wildman–Crippen MR) is 114 cm³/mol. The van der Waals surface area contributed by atoms with Crippen LogP contribution >= 0.6 is 0 Å². The van der Waals surface area contributed by atoms with Gasteiger partial charge in [-0.25, -0.2) is 8.78 Å². The molecule has 0 aliphatic carbocycles. The molecule has 0 fully saturated rings. The number of hydrogen-bond acceptors (Lipinski definition) is 2. The van der Waals surface area contributed by atoms with Gasteiger partial charge < -0.3 is 10.2 Å². The summed E-state index contributed by atoms with van der Waals surface area (Å²) >= 11 is 0. The van der Waals surface area contributed by atoms with Gasteiger partial charge in [-0.05, 0) is 60.4 Å². The topological polar surface area (TPSA) is 32.3 Å². The van der Waals surface area contributed by atoms with E-state index in [4.69, 9.17) is 0 Å². The molecule has 1 aliphatic heterocycles. The zero-order valence-corrected chi connectivity index (χ0v) is 18.1. The zero-order chi connectivity index (χ0) is 21.5. The first-order valence-corrected chi connectivity index (χ1v) is 10.1. The van der Waals surface area contributed by atoms with Gasteiger partial charge in [0.1, 0.15) is 11.6 Å². The molecule has 0 bridgehead atoms. The third-order valence-electron chi connectivity index (χ3n) is 5.51. The number of carbonyl (C=O) groups is 1. The van der Waals surface area contributed by atoms with Crippen molar-refractivity contribution in [1.82, 2.24) is 0 Å². The summed E-state index contributed by atoms with van der Waals surface area (Å²) in [5, 5.41) is 3.05. The van der Waals surface area contributed by atoms with Crippen LogP contribution in [0.1, 0.15) is 61.9 Å². The molecule has 2 aromatic rings. The van der Waals surface area contributed by atoms with Crippen molar-refractivity contribution in [3.05, 3.63) is 58.2 Å². The SMILES string of the molecule is Cc1cc(C2CCc3cc(F)cc(F)c3N2C)cc(C)c1NC(=O)CC(C)(C)C. The zero-order valence-electron chi connectivity index (χ0n) is 18.1. The number of carbonyl (C=O) groups excluding carboxylic acids is 1. The lowest BCUT2D eigenvalue weighted by Gasteiger charge is -2.37. The molecule has 1 unspecified atom stereocenters. The van der Waals surface area contributed by atoms with E-state index in [1.54, 1.807) is 0 Å². The molecule has 3 nitrogen and oxygen atoms in total. The molecule has 0 radical (unpaired) electrons. The molecule has 1 aliphatic rings. The Bertz CT molecular complexity index is 924. The van der Waals surface area contributed by atoms with Crippen molar-refractivity contribution in [3.63, 3.8) is 0 Å². The van der Waals surface area contributed by atoms with Crippen LogP contribution in [0.2, 0.25) is 0 Å². The highest BCUT2D eigenvalue weighted by Crippen LogP contribution is 2.40. The molecule has 0 spiro atoms. The smallest absolute Gasteiger partial charge is 0.224 e. The van der Waals surface area contributed by atoms with Crippen LogP contribution in [-0.4, -0.2) is 13.0 Å². The Labute approximate surface area is 172 Å². The van der Waals surface area contributed by atoms with Crippen LogP contribution in [-0.2, 0) is 11.2 Å². The Morgan fingerprint density at radius 1 is 1.14 bits per heavy atom. The Balaban J connectivity index is 1.88. The van der Waals surface area contributed by atoms with Crippen molar-refractivity contribution in [2.24, 2.45) is 5.41 Å². The van der Waals surface area contributed by atoms with Crippen LogP contribution in [0.5, 0.6) is 0 Å². The summed E-state index contributed by atoms with van der Waals surface area (Å²) in [4.78, 5) is 14.3. The minimum absolute atomic E-state index is 0.000752. The maximum atomic E-state index is 14.4. The predicted octanol–water partition coefficient (Wildman–Crippen LogP) is 6.08. The van der Waals surface area contributed by atoms with E-state index in [0.717, 1.165) is 34.9 Å². The molecule has 1 atom stereocenters. The number of rotatable bonds is 3. The fraction of sp³-hybridized carbons (Fsp3) is 0.458. The largest absolute Gasteiger partial charge is 0.365 e. The van der Waals surface area contributed by atoms with Crippen molar-refractivity contribution in [3.8, 4) is 0 Å². The minimum Gasteiger partial charge on any atom is -0.365 e. The molecule has 1 heterocycles. The fourth-order valence-corrected chi connectivity index (χ4v) is 4.29. The Morgan fingerprint density at radius 3 is 2.34 bits per heavy atom. The molecule has 156 valence electrons. The standard InChI is InChI=1S/C24H30F2N2O/c1-14-9-17(10-15(2)22(14)27-21(29)13-24(3,4)5)20-8-7-16-11-18(25)12-19(26)23(16)28(20)6/h9-12,20H,7-8,13H2,1-6H3,(H,27,29). The molecular formula is C24H30F2N2O. The van der Waals surface area contributed by atoms with Gasteiger partial charge in [0.25, 0.3) is 0 Å². The van der Waals surface area contributed by atoms with E-state index in [1.165, 1.54) is 6.07 Å². The first kappa shape index (κ1) is 21.3. The minimum atomic E-state index is -0.532. The molecule has 0 saturated carbocycles. The number of anilines is 2. The van der Waals surface area contributed by atoms with E-state index in [1.807, 2.05) is 46.6 Å². The lowest BCUT2D eigenvalue weighted by atomic mass is 9.89. The van der Waals surface area contributed by atoms with Crippen LogP contribution in [0.15, 0.2) is 24.3 Å². The van der Waals surface area contributed by atoms with Gasteiger partial charge in [-0.2, -0.15) is 0 Å². The van der Waals surface area contributed by atoms with Crippen LogP contribution in [0.25, 0.3) is 0 Å². The van der Waals surface area contributed by atoms with Gasteiger partial charge in [-0.3, -0.25) is 4.79 Å². The number of aryl methyl sites for hydroxylation is 3. The van der Waals surface area contributed by atoms with Gasteiger partial charge >= 0.3 is 0 Å². The van der Waals surface area contributed by atoms with Crippen LogP contribution in [0.3, 0.4) is 0 Å². The average molecular weight is 401 g/mol. The van der Waals surface area contributed by atoms with Crippen LogP contribution in [0, 0.1) is 30.9 Å². The number of amides is 1. The normalized spacial score (nSPS) is 16.6. The molecule has 0 aromatic heterocycles. The summed E-state index contributed by atoms with van der Waals surface area (Å²) in [7, 11) is 1.85. The van der Waals surface area contributed by atoms with Gasteiger partial charge in [0.2, 0.25) is 5.91 Å². The molecule has 1 amide bonds. The molecule has 3 rings (SSSR count). The highest BCUT2D eigenvalue weighted by molar-refractivity contribution is 5.92. The lowest BCUT2D eigenvalue weighted by molar-refractivity contribution is -0.117. The number of nitrogens with zero attached hydrogens (tertiary/aromatic N) is 1. The van der Waals surface area contributed by atoms with Crippen molar-refractivity contribution >= 4 is 17.3 Å². The Kier molecular flexibility index (Phi) is 5.70. The van der Waals surface area contributed by atoms with E-state index >= 15 is 0 Å². The quantitative estimate of drug-likeness (QED) is 0.677. The summed E-state index contributed by atoms with van der Waals surface area (Å²) in [5.74, 6) is -1.05. The third-order valence-corrected chi connectivity index (χ3v) is 5.51. The van der Waals surface area contributed by atoms with Gasteiger partial charge in [-0.15, -0.1) is 0 Å². The van der Waals surface area contributed by atoms with Gasteiger partial charge in [0.15, 0.2) is 0 Å². The lowest BCUT2D eigenvalue weighted by Crippen LogP contribution is -2.30. The monoisotopic (exact) mass is 400 g/mol. The summed E-state index contributed by atoms with van der Waals surface area (Å²) in [6, 6.07) is 6.50. The number of benzene rings is 2. The summed E-state index contributed by atoms with van der Waals surface area (Å²) in [6.45, 7) is 10.1. The van der Waals surface area contributed by atoms with Crippen molar-refractivity contribution in [2.45, 2.75) is 59.9 Å². The number of hydrogen-bond donors (Lipinski definition) is 1. The van der Waals surface area contributed by atoms with E-state index in [9.17, 15) is 13.6 Å². The maximum Gasteiger partial charge on any atom is 0.224 e. The van der Waals surface area contributed by atoms with E-state index in [0.29, 0.717) is 24.1 Å². The molecule has 29 heavy (non-hydrogen) atoms. The molecule has 5 heteroatoms. The van der Waals surface area contributed by atoms with Crippen molar-refractivity contribution < 1.29 is 13.6 Å². The summed E-state index contributed by atoms with van der Waals surface area (Å²) < 4.78 is 28.0. The number of fused-ring (bicyclic) bond motifs is 1. The van der Waals surface area contributed by atoms with E-state index in [-0.39, 0.29) is 17.4 Å². The second kappa shape index (κ2) is 7.77. The Morgan fingerprint density at radius 2 is 1.76 bits per heavy atom. The third kappa shape index (κ3) is 4.60. The van der Waals surface area contributed by atoms with Gasteiger partial charge in [0.05, 0.1) is 11.7 Å². The molecular weight excluding hydrogens is 370 g/mol. The van der Waals surface area contributed by atoms with E-state index in [2.05, 4.69) is 17.4 Å². The first-order valence-electron chi connectivity index (χ1n) is 10.1. The Hall–Kier alpha value is -2.43. The molecule has 2 aromatic carbocycles. The van der Waals surface area contributed by atoms with Crippen LogP contribution in [0.4, 0.5) is 20.2 Å².